The summed E-state index contributed by atoms with van der Waals surface area (Å²) in [6.07, 6.45) is 5.07. The summed E-state index contributed by atoms with van der Waals surface area (Å²) < 4.78 is 0. The Morgan fingerprint density at radius 1 is 0.970 bits per heavy atom. The van der Waals surface area contributed by atoms with Gasteiger partial charge in [-0.1, -0.05) is 12.1 Å². The van der Waals surface area contributed by atoms with Gasteiger partial charge in [-0.05, 0) is 38.0 Å². The maximum Gasteiger partial charge on any atom is 0.261 e. The van der Waals surface area contributed by atoms with E-state index in [1.807, 2.05) is 6.07 Å². The molecule has 1 N–H and O–H groups in total. The Bertz CT molecular complexity index is 943. The molecule has 1 aromatic carbocycles. The molecule has 10 heteroatoms. The third kappa shape index (κ3) is 5.79. The van der Waals surface area contributed by atoms with Gasteiger partial charge in [0.25, 0.3) is 11.8 Å². The molecule has 3 heterocycles. The van der Waals surface area contributed by atoms with Gasteiger partial charge in [-0.2, -0.15) is 0 Å². The molecule has 2 aliphatic rings. The van der Waals surface area contributed by atoms with E-state index in [4.69, 9.17) is 4.99 Å². The van der Waals surface area contributed by atoms with Crippen LogP contribution in [0.4, 0.5) is 5.95 Å². The van der Waals surface area contributed by atoms with Gasteiger partial charge < -0.3 is 15.1 Å². The Kier molecular flexibility index (Phi) is 8.98. The first-order valence-electron chi connectivity index (χ1n) is 11.2. The van der Waals surface area contributed by atoms with Crippen LogP contribution in [0.3, 0.4) is 0 Å². The van der Waals surface area contributed by atoms with Crippen LogP contribution in [-0.2, 0) is 0 Å². The molecular formula is C23H30IN7O2. The van der Waals surface area contributed by atoms with Crippen LogP contribution in [0.1, 0.15) is 40.5 Å². The van der Waals surface area contributed by atoms with Crippen LogP contribution < -0.4 is 10.2 Å². The molecule has 0 atom stereocenters. The number of fused-ring (bicyclic) bond motifs is 1. The summed E-state index contributed by atoms with van der Waals surface area (Å²) in [6.45, 7) is 7.31. The largest absolute Gasteiger partial charge is 0.357 e. The number of imide groups is 1. The molecule has 2 aliphatic heterocycles. The van der Waals surface area contributed by atoms with Crippen LogP contribution in [-0.4, -0.2) is 83.4 Å². The zero-order valence-corrected chi connectivity index (χ0v) is 21.1. The third-order valence-electron chi connectivity index (χ3n) is 5.68. The lowest BCUT2D eigenvalue weighted by Gasteiger charge is -2.36. The second kappa shape index (κ2) is 11.9. The standard InChI is InChI=1S/C23H29N7O2.HI/c1-2-24-22(28-14-16-29(17-15-28)23-26-11-7-12-27-23)25-10-5-6-13-30-20(31)18-8-3-4-9-19(18)21(30)32;/h3-4,7-9,11-12H,2,5-6,10,13-17H2,1H3,(H,24,25);1H. The van der Waals surface area contributed by atoms with E-state index in [-0.39, 0.29) is 35.8 Å². The van der Waals surface area contributed by atoms with Crippen molar-refractivity contribution >= 4 is 47.7 Å². The second-order valence-electron chi connectivity index (χ2n) is 7.77. The topological polar surface area (TPSA) is 94.0 Å². The lowest BCUT2D eigenvalue weighted by atomic mass is 10.1. The van der Waals surface area contributed by atoms with E-state index in [1.165, 1.54) is 4.90 Å². The number of piperazine rings is 1. The molecule has 1 aromatic heterocycles. The van der Waals surface area contributed by atoms with Crippen molar-refractivity contribution < 1.29 is 9.59 Å². The third-order valence-corrected chi connectivity index (χ3v) is 5.68. The minimum Gasteiger partial charge on any atom is -0.357 e. The van der Waals surface area contributed by atoms with Crippen molar-refractivity contribution in [3.63, 3.8) is 0 Å². The van der Waals surface area contributed by atoms with Crippen LogP contribution in [0.15, 0.2) is 47.7 Å². The number of nitrogens with one attached hydrogen (secondary N) is 1. The zero-order chi connectivity index (χ0) is 22.3. The number of hydrogen-bond donors (Lipinski definition) is 1. The van der Waals surface area contributed by atoms with Crippen LogP contribution in [0.25, 0.3) is 0 Å². The first-order chi connectivity index (χ1) is 15.7. The van der Waals surface area contributed by atoms with Crippen molar-refractivity contribution in [3.8, 4) is 0 Å². The summed E-state index contributed by atoms with van der Waals surface area (Å²) in [6, 6.07) is 8.83. The molecule has 0 spiro atoms. The molecule has 0 aliphatic carbocycles. The van der Waals surface area contributed by atoms with Gasteiger partial charge in [0.15, 0.2) is 5.96 Å². The Labute approximate surface area is 211 Å². The van der Waals surface area contributed by atoms with Crippen molar-refractivity contribution in [1.29, 1.82) is 0 Å². The van der Waals surface area contributed by atoms with E-state index in [0.29, 0.717) is 24.2 Å². The molecule has 2 aromatic rings. The highest BCUT2D eigenvalue weighted by Gasteiger charge is 2.34. The van der Waals surface area contributed by atoms with Crippen LogP contribution in [0.2, 0.25) is 0 Å². The lowest BCUT2D eigenvalue weighted by molar-refractivity contribution is 0.0652. The van der Waals surface area contributed by atoms with Gasteiger partial charge in [0, 0.05) is 58.2 Å². The molecule has 33 heavy (non-hydrogen) atoms. The average Bonchev–Trinajstić information content (AvgIpc) is 3.09. The maximum atomic E-state index is 12.4. The highest BCUT2D eigenvalue weighted by atomic mass is 127. The number of amides is 2. The van der Waals surface area contributed by atoms with Gasteiger partial charge >= 0.3 is 0 Å². The van der Waals surface area contributed by atoms with Gasteiger partial charge in [-0.3, -0.25) is 19.5 Å². The Hall–Kier alpha value is -2.76. The lowest BCUT2D eigenvalue weighted by Crippen LogP contribution is -2.53. The fourth-order valence-corrected chi connectivity index (χ4v) is 4.01. The number of carbonyl (C=O) groups excluding carboxylic acids is 2. The molecular weight excluding hydrogens is 533 g/mol. The van der Waals surface area contributed by atoms with Crippen molar-refractivity contribution in [2.45, 2.75) is 19.8 Å². The first-order valence-corrected chi connectivity index (χ1v) is 11.2. The van der Waals surface area contributed by atoms with Gasteiger partial charge in [-0.25, -0.2) is 9.97 Å². The molecule has 0 unspecified atom stereocenters. The number of hydrogen-bond acceptors (Lipinski definition) is 6. The predicted molar refractivity (Wildman–Crippen MR) is 138 cm³/mol. The zero-order valence-electron chi connectivity index (χ0n) is 18.8. The minimum absolute atomic E-state index is 0. The van der Waals surface area contributed by atoms with Crippen LogP contribution in [0, 0.1) is 0 Å². The fraction of sp³-hybridized carbons (Fsp3) is 0.435. The SMILES string of the molecule is CCNC(=NCCCCN1C(=O)c2ccccc2C1=O)N1CCN(c2ncccn2)CC1.I. The van der Waals surface area contributed by atoms with Gasteiger partial charge in [-0.15, -0.1) is 24.0 Å². The van der Waals surface area contributed by atoms with E-state index in [2.05, 4.69) is 32.0 Å². The normalized spacial score (nSPS) is 16.0. The number of anilines is 1. The number of guanidine groups is 1. The Morgan fingerprint density at radius 2 is 1.61 bits per heavy atom. The molecule has 0 saturated carbocycles. The predicted octanol–water partition coefficient (Wildman–Crippen LogP) is 2.26. The summed E-state index contributed by atoms with van der Waals surface area (Å²) in [4.78, 5) is 44.1. The number of benzene rings is 1. The molecule has 9 nitrogen and oxygen atoms in total. The van der Waals surface area contributed by atoms with Crippen molar-refractivity contribution in [3.05, 3.63) is 53.9 Å². The number of aliphatic imine (C=N–C) groups is 1. The van der Waals surface area contributed by atoms with Crippen molar-refractivity contribution in [2.75, 3.05) is 50.7 Å². The molecule has 176 valence electrons. The van der Waals surface area contributed by atoms with E-state index in [1.54, 1.807) is 36.7 Å². The highest BCUT2D eigenvalue weighted by molar-refractivity contribution is 14.0. The van der Waals surface area contributed by atoms with Gasteiger partial charge in [0.2, 0.25) is 5.95 Å². The van der Waals surface area contributed by atoms with Crippen LogP contribution >= 0.6 is 24.0 Å². The number of nitrogens with zero attached hydrogens (tertiary/aromatic N) is 6. The number of carbonyl (C=O) groups is 2. The molecule has 1 saturated heterocycles. The maximum absolute atomic E-state index is 12.4. The number of aromatic nitrogens is 2. The van der Waals surface area contributed by atoms with Gasteiger partial charge in [0.1, 0.15) is 0 Å². The Morgan fingerprint density at radius 3 is 2.21 bits per heavy atom. The highest BCUT2D eigenvalue weighted by Crippen LogP contribution is 2.22. The summed E-state index contributed by atoms with van der Waals surface area (Å²) in [5.41, 5.74) is 1.01. The minimum atomic E-state index is -0.192. The molecule has 0 bridgehead atoms. The van der Waals surface area contributed by atoms with E-state index >= 15 is 0 Å². The molecule has 1 fully saturated rings. The molecule has 0 radical (unpaired) electrons. The average molecular weight is 563 g/mol. The summed E-state index contributed by atoms with van der Waals surface area (Å²) in [5.74, 6) is 1.29. The smallest absolute Gasteiger partial charge is 0.261 e. The quantitative estimate of drug-likeness (QED) is 0.182. The van der Waals surface area contributed by atoms with Crippen molar-refractivity contribution in [1.82, 2.24) is 25.1 Å². The number of rotatable bonds is 7. The monoisotopic (exact) mass is 563 g/mol. The first kappa shape index (κ1) is 24.9. The second-order valence-corrected chi connectivity index (χ2v) is 7.77. The number of unbranched alkanes of at least 4 members (excludes halogenated alkanes) is 1. The Balaban J connectivity index is 0.00000306. The number of halogens is 1. The van der Waals surface area contributed by atoms with E-state index < -0.39 is 0 Å². The van der Waals surface area contributed by atoms with Crippen LogP contribution in [0.5, 0.6) is 0 Å². The summed E-state index contributed by atoms with van der Waals surface area (Å²) in [5, 5.41) is 3.37. The summed E-state index contributed by atoms with van der Waals surface area (Å²) >= 11 is 0. The van der Waals surface area contributed by atoms with E-state index in [9.17, 15) is 9.59 Å². The molecule has 4 rings (SSSR count). The van der Waals surface area contributed by atoms with E-state index in [0.717, 1.165) is 57.5 Å². The summed E-state index contributed by atoms with van der Waals surface area (Å²) in [7, 11) is 0. The fourth-order valence-electron chi connectivity index (χ4n) is 4.01. The van der Waals surface area contributed by atoms with Gasteiger partial charge in [0.05, 0.1) is 11.1 Å². The molecule has 2 amide bonds. The van der Waals surface area contributed by atoms with Crippen molar-refractivity contribution in [2.24, 2.45) is 4.99 Å².